The molecule has 1 amide bonds. The van der Waals surface area contributed by atoms with Crippen LogP contribution in [0.1, 0.15) is 19.3 Å². The molecule has 1 fully saturated rings. The van der Waals surface area contributed by atoms with Crippen molar-refractivity contribution < 1.29 is 9.72 Å². The first kappa shape index (κ1) is 16.3. The van der Waals surface area contributed by atoms with Gasteiger partial charge < -0.3 is 0 Å². The summed E-state index contributed by atoms with van der Waals surface area (Å²) in [5.41, 5.74) is 1.54. The Morgan fingerprint density at radius 1 is 1.42 bits per heavy atom. The number of benzene rings is 1. The highest BCUT2D eigenvalue weighted by atomic mass is 32.1. The van der Waals surface area contributed by atoms with E-state index in [0.717, 1.165) is 24.8 Å². The van der Waals surface area contributed by atoms with E-state index in [0.29, 0.717) is 17.4 Å². The fourth-order valence-electron chi connectivity index (χ4n) is 2.54. The Morgan fingerprint density at radius 2 is 2.12 bits per heavy atom. The lowest BCUT2D eigenvalue weighted by Gasteiger charge is -2.29. The van der Waals surface area contributed by atoms with Crippen molar-refractivity contribution in [2.45, 2.75) is 19.3 Å². The number of aromatic nitrogens is 1. The lowest BCUT2D eigenvalue weighted by molar-refractivity contribution is -0.384. The van der Waals surface area contributed by atoms with E-state index in [1.54, 1.807) is 23.1 Å². The van der Waals surface area contributed by atoms with Crippen LogP contribution >= 0.6 is 11.3 Å². The highest BCUT2D eigenvalue weighted by Gasteiger charge is 2.31. The molecule has 0 saturated heterocycles. The number of carbonyl (C=O) groups excluding carboxylic acids is 1. The van der Waals surface area contributed by atoms with Gasteiger partial charge >= 0.3 is 0 Å². The van der Waals surface area contributed by atoms with Crippen LogP contribution in [-0.2, 0) is 4.79 Å². The Labute approximate surface area is 143 Å². The van der Waals surface area contributed by atoms with Gasteiger partial charge in [-0.1, -0.05) is 12.5 Å². The molecule has 0 aliphatic heterocycles. The van der Waals surface area contributed by atoms with Crippen molar-refractivity contribution in [2.75, 3.05) is 11.4 Å². The molecular formula is C17H17N3O3S. The van der Waals surface area contributed by atoms with E-state index in [2.05, 4.69) is 11.6 Å². The van der Waals surface area contributed by atoms with Crippen LogP contribution < -0.4 is 4.90 Å². The van der Waals surface area contributed by atoms with Crippen LogP contribution in [0.5, 0.6) is 0 Å². The highest BCUT2D eigenvalue weighted by molar-refractivity contribution is 7.14. The number of amides is 1. The van der Waals surface area contributed by atoms with Gasteiger partial charge in [0, 0.05) is 35.5 Å². The molecule has 24 heavy (non-hydrogen) atoms. The maximum Gasteiger partial charge on any atom is 0.269 e. The van der Waals surface area contributed by atoms with Crippen LogP contribution in [0.4, 0.5) is 10.8 Å². The standard InChI is InChI=1S/C17H17N3O3S/c1-2-10-19(16(21)13-4-3-5-13)17-18-15(11-24-17)12-6-8-14(9-7-12)20(22)23/h2,6-9,11,13H,1,3-5,10H2. The molecule has 1 saturated carbocycles. The summed E-state index contributed by atoms with van der Waals surface area (Å²) in [6, 6.07) is 6.25. The Kier molecular flexibility index (Phi) is 4.71. The molecule has 0 bridgehead atoms. The number of nitro benzene ring substituents is 1. The van der Waals surface area contributed by atoms with Gasteiger partial charge in [-0.2, -0.15) is 0 Å². The summed E-state index contributed by atoms with van der Waals surface area (Å²) in [6.07, 6.45) is 4.67. The SMILES string of the molecule is C=CCN(C(=O)C1CCC1)c1nc(-c2ccc([N+](=O)[O-])cc2)cs1. The lowest BCUT2D eigenvalue weighted by Crippen LogP contribution is -2.39. The van der Waals surface area contributed by atoms with Gasteiger partial charge in [-0.15, -0.1) is 17.9 Å². The largest absolute Gasteiger partial charge is 0.284 e. The Bertz CT molecular complexity index is 766. The van der Waals surface area contributed by atoms with Crippen molar-refractivity contribution in [2.24, 2.45) is 5.92 Å². The number of carbonyl (C=O) groups is 1. The highest BCUT2D eigenvalue weighted by Crippen LogP contribution is 2.33. The van der Waals surface area contributed by atoms with Gasteiger partial charge in [-0.25, -0.2) is 4.98 Å². The first-order valence-electron chi connectivity index (χ1n) is 7.73. The summed E-state index contributed by atoms with van der Waals surface area (Å²) in [6.45, 7) is 4.15. The number of rotatable bonds is 6. The number of nitro groups is 1. The molecule has 1 heterocycles. The van der Waals surface area contributed by atoms with Crippen molar-refractivity contribution in [3.05, 3.63) is 52.4 Å². The van der Waals surface area contributed by atoms with Crippen LogP contribution in [-0.4, -0.2) is 22.4 Å². The molecule has 0 N–H and O–H groups in total. The van der Waals surface area contributed by atoms with Crippen LogP contribution in [0.25, 0.3) is 11.3 Å². The third kappa shape index (κ3) is 3.21. The first-order valence-corrected chi connectivity index (χ1v) is 8.60. The van der Waals surface area contributed by atoms with Crippen molar-refractivity contribution in [1.29, 1.82) is 0 Å². The second-order valence-electron chi connectivity index (χ2n) is 5.68. The van der Waals surface area contributed by atoms with Crippen LogP contribution in [0, 0.1) is 16.0 Å². The Morgan fingerprint density at radius 3 is 2.67 bits per heavy atom. The van der Waals surface area contributed by atoms with Gasteiger partial charge in [0.05, 0.1) is 10.6 Å². The third-order valence-electron chi connectivity index (χ3n) is 4.13. The molecule has 1 aromatic heterocycles. The molecule has 1 aromatic carbocycles. The predicted molar refractivity (Wildman–Crippen MR) is 94.1 cm³/mol. The summed E-state index contributed by atoms with van der Waals surface area (Å²) in [4.78, 5) is 29.1. The van der Waals surface area contributed by atoms with Crippen molar-refractivity contribution in [1.82, 2.24) is 4.98 Å². The van der Waals surface area contributed by atoms with Crippen molar-refractivity contribution >= 4 is 28.1 Å². The zero-order valence-electron chi connectivity index (χ0n) is 13.1. The van der Waals surface area contributed by atoms with Crippen molar-refractivity contribution in [3.8, 4) is 11.3 Å². The van der Waals surface area contributed by atoms with Gasteiger partial charge in [-0.3, -0.25) is 19.8 Å². The molecule has 7 heteroatoms. The average Bonchev–Trinajstić information content (AvgIpc) is 3.00. The number of hydrogen-bond donors (Lipinski definition) is 0. The zero-order valence-corrected chi connectivity index (χ0v) is 13.9. The second-order valence-corrected chi connectivity index (χ2v) is 6.52. The smallest absolute Gasteiger partial charge is 0.269 e. The minimum absolute atomic E-state index is 0.0441. The maximum absolute atomic E-state index is 12.6. The van der Waals surface area contributed by atoms with Crippen molar-refractivity contribution in [3.63, 3.8) is 0 Å². The predicted octanol–water partition coefficient (Wildman–Crippen LogP) is 4.04. The third-order valence-corrected chi connectivity index (χ3v) is 4.99. The monoisotopic (exact) mass is 343 g/mol. The van der Waals surface area contributed by atoms with Gasteiger partial charge in [0.2, 0.25) is 5.91 Å². The topological polar surface area (TPSA) is 76.3 Å². The Balaban J connectivity index is 1.83. The molecule has 0 unspecified atom stereocenters. The minimum Gasteiger partial charge on any atom is -0.284 e. The van der Waals surface area contributed by atoms with E-state index in [4.69, 9.17) is 0 Å². The van der Waals surface area contributed by atoms with Crippen LogP contribution in [0.2, 0.25) is 0 Å². The quantitative estimate of drug-likeness (QED) is 0.451. The number of anilines is 1. The van der Waals surface area contributed by atoms with E-state index in [-0.39, 0.29) is 17.5 Å². The van der Waals surface area contributed by atoms with E-state index >= 15 is 0 Å². The molecule has 2 aromatic rings. The number of non-ortho nitro benzene ring substituents is 1. The van der Waals surface area contributed by atoms with Gasteiger partial charge in [0.25, 0.3) is 5.69 Å². The summed E-state index contributed by atoms with van der Waals surface area (Å²) in [7, 11) is 0. The minimum atomic E-state index is -0.431. The van der Waals surface area contributed by atoms with Gasteiger partial charge in [-0.05, 0) is 25.0 Å². The summed E-state index contributed by atoms with van der Waals surface area (Å²) in [5, 5.41) is 13.2. The van der Waals surface area contributed by atoms with E-state index in [1.807, 2.05) is 5.38 Å². The Hall–Kier alpha value is -2.54. The molecule has 0 radical (unpaired) electrons. The molecule has 0 atom stereocenters. The lowest BCUT2D eigenvalue weighted by atomic mass is 9.84. The molecule has 6 nitrogen and oxygen atoms in total. The number of hydrogen-bond acceptors (Lipinski definition) is 5. The molecule has 0 spiro atoms. The maximum atomic E-state index is 12.6. The number of nitrogens with zero attached hydrogens (tertiary/aromatic N) is 3. The molecule has 1 aliphatic rings. The van der Waals surface area contributed by atoms with Gasteiger partial charge in [0.15, 0.2) is 5.13 Å². The van der Waals surface area contributed by atoms with E-state index in [1.165, 1.54) is 23.5 Å². The fraction of sp³-hybridized carbons (Fsp3) is 0.294. The van der Waals surface area contributed by atoms with Crippen LogP contribution in [0.3, 0.4) is 0 Å². The molecular weight excluding hydrogens is 326 g/mol. The number of thiazole rings is 1. The van der Waals surface area contributed by atoms with E-state index in [9.17, 15) is 14.9 Å². The fourth-order valence-corrected chi connectivity index (χ4v) is 3.39. The van der Waals surface area contributed by atoms with Gasteiger partial charge in [0.1, 0.15) is 0 Å². The average molecular weight is 343 g/mol. The molecule has 3 rings (SSSR count). The second kappa shape index (κ2) is 6.92. The zero-order chi connectivity index (χ0) is 17.1. The summed E-state index contributed by atoms with van der Waals surface area (Å²) in [5.74, 6) is 0.197. The molecule has 1 aliphatic carbocycles. The summed E-state index contributed by atoms with van der Waals surface area (Å²) < 4.78 is 0. The molecule has 124 valence electrons. The van der Waals surface area contributed by atoms with E-state index < -0.39 is 4.92 Å². The summed E-state index contributed by atoms with van der Waals surface area (Å²) >= 11 is 1.40. The first-order chi connectivity index (χ1) is 11.6. The normalized spacial score (nSPS) is 14.0. The van der Waals surface area contributed by atoms with Crippen LogP contribution in [0.15, 0.2) is 42.3 Å².